The summed E-state index contributed by atoms with van der Waals surface area (Å²) in [7, 11) is 0. The molecule has 0 radical (unpaired) electrons. The molecule has 1 heterocycles. The van der Waals surface area contributed by atoms with Gasteiger partial charge in [0.05, 0.1) is 0 Å². The Hall–Kier alpha value is -0.0400. The summed E-state index contributed by atoms with van der Waals surface area (Å²) < 4.78 is 0. The SMILES string of the molecule is CC.CC(C)CCCC1CCNCC1. The van der Waals surface area contributed by atoms with Gasteiger partial charge < -0.3 is 5.32 Å². The van der Waals surface area contributed by atoms with Gasteiger partial charge in [0.25, 0.3) is 0 Å². The lowest BCUT2D eigenvalue weighted by atomic mass is 9.91. The van der Waals surface area contributed by atoms with Gasteiger partial charge in [-0.15, -0.1) is 0 Å². The number of hydrogen-bond donors (Lipinski definition) is 1. The normalized spacial score (nSPS) is 17.8. The van der Waals surface area contributed by atoms with Crippen LogP contribution in [0.1, 0.15) is 59.8 Å². The minimum atomic E-state index is 0.895. The summed E-state index contributed by atoms with van der Waals surface area (Å²) >= 11 is 0. The molecule has 14 heavy (non-hydrogen) atoms. The van der Waals surface area contributed by atoms with Crippen LogP contribution in [0.5, 0.6) is 0 Å². The topological polar surface area (TPSA) is 12.0 Å². The Morgan fingerprint density at radius 1 is 1.14 bits per heavy atom. The molecular formula is C13H29N. The van der Waals surface area contributed by atoms with E-state index in [2.05, 4.69) is 19.2 Å². The summed E-state index contributed by atoms with van der Waals surface area (Å²) in [6.07, 6.45) is 7.17. The molecule has 0 aromatic carbocycles. The molecule has 0 aliphatic carbocycles. The molecule has 0 aromatic heterocycles. The van der Waals surface area contributed by atoms with E-state index in [0.717, 1.165) is 11.8 Å². The van der Waals surface area contributed by atoms with E-state index < -0.39 is 0 Å². The van der Waals surface area contributed by atoms with E-state index in [1.807, 2.05) is 13.8 Å². The van der Waals surface area contributed by atoms with E-state index in [0.29, 0.717) is 0 Å². The molecule has 1 fully saturated rings. The number of piperidine rings is 1. The average molecular weight is 199 g/mol. The second-order valence-electron chi connectivity index (χ2n) is 4.52. The molecule has 1 N–H and O–H groups in total. The van der Waals surface area contributed by atoms with Gasteiger partial charge >= 0.3 is 0 Å². The monoisotopic (exact) mass is 199 g/mol. The average Bonchev–Trinajstić information content (AvgIpc) is 2.22. The van der Waals surface area contributed by atoms with Crippen LogP contribution in [0.3, 0.4) is 0 Å². The predicted octanol–water partition coefficient (Wildman–Crippen LogP) is 3.84. The van der Waals surface area contributed by atoms with E-state index in [9.17, 15) is 0 Å². The molecule has 1 aliphatic rings. The fourth-order valence-corrected chi connectivity index (χ4v) is 1.99. The Labute approximate surface area is 90.7 Å². The van der Waals surface area contributed by atoms with Crippen molar-refractivity contribution in [3.8, 4) is 0 Å². The van der Waals surface area contributed by atoms with Gasteiger partial charge in [-0.1, -0.05) is 47.0 Å². The Morgan fingerprint density at radius 3 is 2.21 bits per heavy atom. The minimum Gasteiger partial charge on any atom is -0.317 e. The Kier molecular flexibility index (Phi) is 9.49. The molecule has 1 heteroatoms. The van der Waals surface area contributed by atoms with Crippen molar-refractivity contribution >= 4 is 0 Å². The lowest BCUT2D eigenvalue weighted by Crippen LogP contribution is -2.27. The highest BCUT2D eigenvalue weighted by Crippen LogP contribution is 2.20. The lowest BCUT2D eigenvalue weighted by Gasteiger charge is -2.22. The molecule has 1 saturated heterocycles. The summed E-state index contributed by atoms with van der Waals surface area (Å²) in [4.78, 5) is 0. The Morgan fingerprint density at radius 2 is 1.71 bits per heavy atom. The molecule has 86 valence electrons. The van der Waals surface area contributed by atoms with Gasteiger partial charge in [0.2, 0.25) is 0 Å². The smallest absolute Gasteiger partial charge is 0.00463 e. The van der Waals surface area contributed by atoms with Crippen LogP contribution in [0.25, 0.3) is 0 Å². The van der Waals surface area contributed by atoms with Crippen molar-refractivity contribution in [2.24, 2.45) is 11.8 Å². The number of rotatable bonds is 4. The van der Waals surface area contributed by atoms with Gasteiger partial charge in [-0.3, -0.25) is 0 Å². The second kappa shape index (κ2) is 9.51. The van der Waals surface area contributed by atoms with E-state index in [-0.39, 0.29) is 0 Å². The van der Waals surface area contributed by atoms with Crippen LogP contribution in [0.15, 0.2) is 0 Å². The van der Waals surface area contributed by atoms with E-state index >= 15 is 0 Å². The van der Waals surface area contributed by atoms with Crippen molar-refractivity contribution < 1.29 is 0 Å². The van der Waals surface area contributed by atoms with E-state index in [1.54, 1.807) is 0 Å². The zero-order valence-corrected chi connectivity index (χ0v) is 10.6. The highest BCUT2D eigenvalue weighted by Gasteiger charge is 2.12. The molecule has 0 amide bonds. The fraction of sp³-hybridized carbons (Fsp3) is 1.00. The highest BCUT2D eigenvalue weighted by atomic mass is 14.9. The second-order valence-corrected chi connectivity index (χ2v) is 4.52. The Balaban J connectivity index is 0.000000791. The lowest BCUT2D eigenvalue weighted by molar-refractivity contribution is 0.336. The van der Waals surface area contributed by atoms with Crippen LogP contribution in [0.4, 0.5) is 0 Å². The minimum absolute atomic E-state index is 0.895. The van der Waals surface area contributed by atoms with Gasteiger partial charge in [0.15, 0.2) is 0 Å². The van der Waals surface area contributed by atoms with Gasteiger partial charge in [-0.05, 0) is 37.8 Å². The van der Waals surface area contributed by atoms with Crippen molar-refractivity contribution in [2.45, 2.75) is 59.8 Å². The first-order valence-electron chi connectivity index (χ1n) is 6.49. The summed E-state index contributed by atoms with van der Waals surface area (Å²) in [6.45, 7) is 11.2. The van der Waals surface area contributed by atoms with Gasteiger partial charge in [-0.2, -0.15) is 0 Å². The molecule has 0 unspecified atom stereocenters. The quantitative estimate of drug-likeness (QED) is 0.725. The predicted molar refractivity (Wildman–Crippen MR) is 65.6 cm³/mol. The molecule has 1 nitrogen and oxygen atoms in total. The van der Waals surface area contributed by atoms with Crippen LogP contribution in [-0.2, 0) is 0 Å². The molecule has 0 spiro atoms. The maximum absolute atomic E-state index is 3.41. The first-order chi connectivity index (χ1) is 6.79. The first kappa shape index (κ1) is 14.0. The zero-order chi connectivity index (χ0) is 10.8. The molecule has 0 saturated carbocycles. The molecule has 0 atom stereocenters. The maximum Gasteiger partial charge on any atom is -0.00463 e. The summed E-state index contributed by atoms with van der Waals surface area (Å²) in [5.74, 6) is 1.93. The third-order valence-electron chi connectivity index (χ3n) is 2.85. The summed E-state index contributed by atoms with van der Waals surface area (Å²) in [6, 6.07) is 0. The zero-order valence-electron chi connectivity index (χ0n) is 10.6. The molecule has 1 aliphatic heterocycles. The molecule has 0 bridgehead atoms. The number of nitrogens with one attached hydrogen (secondary N) is 1. The van der Waals surface area contributed by atoms with Crippen molar-refractivity contribution in [1.29, 1.82) is 0 Å². The van der Waals surface area contributed by atoms with E-state index in [1.165, 1.54) is 45.2 Å². The van der Waals surface area contributed by atoms with Gasteiger partial charge in [-0.25, -0.2) is 0 Å². The van der Waals surface area contributed by atoms with Crippen molar-refractivity contribution in [1.82, 2.24) is 5.32 Å². The Bertz CT molecular complexity index is 104. The third kappa shape index (κ3) is 7.37. The summed E-state index contributed by atoms with van der Waals surface area (Å²) in [5, 5.41) is 3.41. The van der Waals surface area contributed by atoms with Crippen LogP contribution in [0.2, 0.25) is 0 Å². The maximum atomic E-state index is 3.41. The summed E-state index contributed by atoms with van der Waals surface area (Å²) in [5.41, 5.74) is 0. The first-order valence-corrected chi connectivity index (χ1v) is 6.49. The van der Waals surface area contributed by atoms with Crippen LogP contribution in [-0.4, -0.2) is 13.1 Å². The van der Waals surface area contributed by atoms with Crippen LogP contribution >= 0.6 is 0 Å². The standard InChI is InChI=1S/C11H23N.C2H6/c1-10(2)4-3-5-11-6-8-12-9-7-11;1-2/h10-12H,3-9H2,1-2H3;1-2H3. The highest BCUT2D eigenvalue weighted by molar-refractivity contribution is 4.68. The largest absolute Gasteiger partial charge is 0.317 e. The van der Waals surface area contributed by atoms with Gasteiger partial charge in [0, 0.05) is 0 Å². The van der Waals surface area contributed by atoms with Crippen molar-refractivity contribution in [3.63, 3.8) is 0 Å². The van der Waals surface area contributed by atoms with E-state index in [4.69, 9.17) is 0 Å². The molecule has 0 aromatic rings. The molecule has 1 rings (SSSR count). The number of hydrogen-bond acceptors (Lipinski definition) is 1. The molecular weight excluding hydrogens is 170 g/mol. The van der Waals surface area contributed by atoms with Gasteiger partial charge in [0.1, 0.15) is 0 Å². The van der Waals surface area contributed by atoms with Crippen LogP contribution < -0.4 is 5.32 Å². The van der Waals surface area contributed by atoms with Crippen molar-refractivity contribution in [3.05, 3.63) is 0 Å². The van der Waals surface area contributed by atoms with Crippen molar-refractivity contribution in [2.75, 3.05) is 13.1 Å². The fourth-order valence-electron chi connectivity index (χ4n) is 1.99. The van der Waals surface area contributed by atoms with Crippen LogP contribution in [0, 0.1) is 11.8 Å². The third-order valence-corrected chi connectivity index (χ3v) is 2.85.